The molecular weight excluding hydrogens is 388 g/mol. The molecule has 1 fully saturated rings. The summed E-state index contributed by atoms with van der Waals surface area (Å²) in [7, 11) is 0. The Balaban J connectivity index is 1.41. The van der Waals surface area contributed by atoms with Crippen LogP contribution in [0.5, 0.6) is 0 Å². The van der Waals surface area contributed by atoms with E-state index < -0.39 is 0 Å². The number of hydrogen-bond donors (Lipinski definition) is 3. The van der Waals surface area contributed by atoms with Gasteiger partial charge in [-0.05, 0) is 55.5 Å². The molecule has 29 heavy (non-hydrogen) atoms. The molecule has 0 unspecified atom stereocenters. The van der Waals surface area contributed by atoms with Gasteiger partial charge in [-0.3, -0.25) is 4.79 Å². The van der Waals surface area contributed by atoms with Crippen LogP contribution in [0.1, 0.15) is 47.2 Å². The second-order valence-corrected chi connectivity index (χ2v) is 7.57. The zero-order valence-electron chi connectivity index (χ0n) is 16.0. The van der Waals surface area contributed by atoms with E-state index in [-0.39, 0.29) is 24.0 Å². The van der Waals surface area contributed by atoms with E-state index in [1.54, 1.807) is 36.4 Å². The van der Waals surface area contributed by atoms with Crippen LogP contribution in [0.3, 0.4) is 0 Å². The summed E-state index contributed by atoms with van der Waals surface area (Å²) < 4.78 is 0. The van der Waals surface area contributed by atoms with Crippen LogP contribution in [0.4, 0.5) is 4.79 Å². The fraction of sp³-hybridized carbons (Fsp3) is 0.318. The van der Waals surface area contributed by atoms with Crippen molar-refractivity contribution in [2.75, 3.05) is 0 Å². The Morgan fingerprint density at radius 3 is 2.24 bits per heavy atom. The minimum absolute atomic E-state index is 0.0458. The molecule has 0 saturated heterocycles. The highest BCUT2D eigenvalue weighted by molar-refractivity contribution is 6.30. The fourth-order valence-electron chi connectivity index (χ4n) is 3.44. The van der Waals surface area contributed by atoms with E-state index in [0.29, 0.717) is 22.7 Å². The molecule has 7 heteroatoms. The van der Waals surface area contributed by atoms with E-state index in [2.05, 4.69) is 16.0 Å². The molecule has 2 aromatic rings. The van der Waals surface area contributed by atoms with Gasteiger partial charge in [0.2, 0.25) is 0 Å². The summed E-state index contributed by atoms with van der Waals surface area (Å²) in [4.78, 5) is 24.6. The molecule has 3 amide bonds. The number of carbonyl (C=O) groups is 2. The van der Waals surface area contributed by atoms with Crippen molar-refractivity contribution in [3.63, 3.8) is 0 Å². The maximum atomic E-state index is 12.4. The van der Waals surface area contributed by atoms with Gasteiger partial charge in [0.15, 0.2) is 0 Å². The second-order valence-electron chi connectivity index (χ2n) is 7.13. The van der Waals surface area contributed by atoms with Gasteiger partial charge in [-0.15, -0.1) is 0 Å². The van der Waals surface area contributed by atoms with Crippen molar-refractivity contribution in [2.45, 2.75) is 44.3 Å². The molecule has 0 radical (unpaired) electrons. The van der Waals surface area contributed by atoms with Crippen LogP contribution in [0, 0.1) is 11.3 Å². The van der Waals surface area contributed by atoms with Gasteiger partial charge >= 0.3 is 6.03 Å². The Bertz CT molecular complexity index is 900. The number of halogens is 1. The third-order valence-corrected chi connectivity index (χ3v) is 5.31. The van der Waals surface area contributed by atoms with Crippen LogP contribution in [0.15, 0.2) is 48.5 Å². The molecule has 3 N–H and O–H groups in total. The van der Waals surface area contributed by atoms with E-state index in [1.165, 1.54) is 0 Å². The summed E-state index contributed by atoms with van der Waals surface area (Å²) in [5, 5.41) is 18.7. The molecule has 6 nitrogen and oxygen atoms in total. The monoisotopic (exact) mass is 410 g/mol. The summed E-state index contributed by atoms with van der Waals surface area (Å²) in [5.74, 6) is -0.223. The number of nitrogens with zero attached hydrogens (tertiary/aromatic N) is 1. The Morgan fingerprint density at radius 1 is 0.966 bits per heavy atom. The van der Waals surface area contributed by atoms with E-state index in [9.17, 15) is 9.59 Å². The summed E-state index contributed by atoms with van der Waals surface area (Å²) in [6, 6.07) is 16.1. The van der Waals surface area contributed by atoms with Crippen molar-refractivity contribution in [3.05, 3.63) is 70.2 Å². The average molecular weight is 411 g/mol. The summed E-state index contributed by atoms with van der Waals surface area (Å²) in [5.41, 5.74) is 1.75. The average Bonchev–Trinajstić information content (AvgIpc) is 2.74. The van der Waals surface area contributed by atoms with Crippen molar-refractivity contribution in [1.29, 1.82) is 5.26 Å². The van der Waals surface area contributed by atoms with Crippen LogP contribution < -0.4 is 16.0 Å². The van der Waals surface area contributed by atoms with E-state index in [4.69, 9.17) is 16.9 Å². The maximum Gasteiger partial charge on any atom is 0.315 e. The molecule has 0 atom stereocenters. The third kappa shape index (κ3) is 5.97. The van der Waals surface area contributed by atoms with Crippen LogP contribution in [-0.2, 0) is 6.54 Å². The minimum Gasteiger partial charge on any atom is -0.349 e. The van der Waals surface area contributed by atoms with E-state index in [0.717, 1.165) is 31.2 Å². The Morgan fingerprint density at radius 2 is 1.59 bits per heavy atom. The quantitative estimate of drug-likeness (QED) is 0.700. The summed E-state index contributed by atoms with van der Waals surface area (Å²) >= 11 is 5.86. The first-order valence-electron chi connectivity index (χ1n) is 9.64. The third-order valence-electron chi connectivity index (χ3n) is 5.06. The maximum absolute atomic E-state index is 12.4. The van der Waals surface area contributed by atoms with Crippen molar-refractivity contribution in [3.8, 4) is 6.07 Å². The Labute approximate surface area is 175 Å². The van der Waals surface area contributed by atoms with E-state index >= 15 is 0 Å². The SMILES string of the molecule is N#Cc1ccccc1C(=O)NC1CCC(NC(=O)NCc2ccc(Cl)cc2)CC1. The highest BCUT2D eigenvalue weighted by atomic mass is 35.5. The zero-order valence-corrected chi connectivity index (χ0v) is 16.7. The second kappa shape index (κ2) is 9.94. The van der Waals surface area contributed by atoms with Crippen molar-refractivity contribution < 1.29 is 9.59 Å². The Hall–Kier alpha value is -3.04. The number of hydrogen-bond acceptors (Lipinski definition) is 3. The van der Waals surface area contributed by atoms with Crippen LogP contribution in [0.25, 0.3) is 0 Å². The van der Waals surface area contributed by atoms with Crippen molar-refractivity contribution in [1.82, 2.24) is 16.0 Å². The number of benzene rings is 2. The van der Waals surface area contributed by atoms with Gasteiger partial charge in [-0.2, -0.15) is 5.26 Å². The topological polar surface area (TPSA) is 94.0 Å². The highest BCUT2D eigenvalue weighted by Crippen LogP contribution is 2.19. The summed E-state index contributed by atoms with van der Waals surface area (Å²) in [6.45, 7) is 0.437. The molecule has 3 rings (SSSR count). The summed E-state index contributed by atoms with van der Waals surface area (Å²) in [6.07, 6.45) is 3.14. The van der Waals surface area contributed by atoms with Crippen molar-refractivity contribution >= 4 is 23.5 Å². The largest absolute Gasteiger partial charge is 0.349 e. The molecule has 1 aliphatic carbocycles. The van der Waals surface area contributed by atoms with Gasteiger partial charge in [0, 0.05) is 23.7 Å². The smallest absolute Gasteiger partial charge is 0.315 e. The zero-order chi connectivity index (χ0) is 20.6. The first-order valence-corrected chi connectivity index (χ1v) is 10.0. The van der Waals surface area contributed by atoms with Gasteiger partial charge in [-0.1, -0.05) is 35.9 Å². The number of rotatable bonds is 5. The standard InChI is InChI=1S/C22H23ClN4O2/c23-17-7-5-15(6-8-17)14-25-22(29)27-19-11-9-18(10-12-19)26-21(28)20-4-2-1-3-16(20)13-24/h1-8,18-19H,9-12,14H2,(H,26,28)(H2,25,27,29). The minimum atomic E-state index is -0.223. The molecule has 1 aliphatic rings. The molecule has 150 valence electrons. The molecule has 0 aliphatic heterocycles. The fourth-order valence-corrected chi connectivity index (χ4v) is 3.57. The lowest BCUT2D eigenvalue weighted by atomic mass is 9.91. The lowest BCUT2D eigenvalue weighted by Gasteiger charge is -2.29. The highest BCUT2D eigenvalue weighted by Gasteiger charge is 2.24. The lowest BCUT2D eigenvalue weighted by Crippen LogP contribution is -2.46. The number of nitriles is 1. The number of carbonyl (C=O) groups excluding carboxylic acids is 2. The molecule has 0 bridgehead atoms. The van der Waals surface area contributed by atoms with Crippen molar-refractivity contribution in [2.24, 2.45) is 0 Å². The Kier molecular flexibility index (Phi) is 7.09. The van der Waals surface area contributed by atoms with Gasteiger partial charge in [0.1, 0.15) is 0 Å². The van der Waals surface area contributed by atoms with Crippen LogP contribution in [0.2, 0.25) is 5.02 Å². The first kappa shape index (κ1) is 20.7. The number of amides is 3. The van der Waals surface area contributed by atoms with Crippen LogP contribution >= 0.6 is 11.6 Å². The first-order chi connectivity index (χ1) is 14.0. The number of nitrogens with one attached hydrogen (secondary N) is 3. The van der Waals surface area contributed by atoms with Crippen LogP contribution in [-0.4, -0.2) is 24.0 Å². The molecule has 0 spiro atoms. The van der Waals surface area contributed by atoms with Gasteiger partial charge in [-0.25, -0.2) is 4.79 Å². The molecule has 2 aromatic carbocycles. The number of urea groups is 1. The van der Waals surface area contributed by atoms with Gasteiger partial charge in [0.05, 0.1) is 17.2 Å². The van der Waals surface area contributed by atoms with Gasteiger partial charge in [0.25, 0.3) is 5.91 Å². The normalized spacial score (nSPS) is 18.3. The molecular formula is C22H23ClN4O2. The molecule has 1 saturated carbocycles. The lowest BCUT2D eigenvalue weighted by molar-refractivity contribution is 0.0924. The predicted molar refractivity (Wildman–Crippen MR) is 111 cm³/mol. The predicted octanol–water partition coefficient (Wildman–Crippen LogP) is 3.75. The molecule has 0 aromatic heterocycles. The molecule has 0 heterocycles. The van der Waals surface area contributed by atoms with Gasteiger partial charge < -0.3 is 16.0 Å². The van der Waals surface area contributed by atoms with E-state index in [1.807, 2.05) is 18.2 Å².